The van der Waals surface area contributed by atoms with Gasteiger partial charge in [-0.1, -0.05) is 12.5 Å². The lowest BCUT2D eigenvalue weighted by Gasteiger charge is -2.35. The average Bonchev–Trinajstić information content (AvgIpc) is 3.37. The minimum absolute atomic E-state index is 0.208. The van der Waals surface area contributed by atoms with Crippen molar-refractivity contribution in [3.05, 3.63) is 69.6 Å². The van der Waals surface area contributed by atoms with Gasteiger partial charge in [0.25, 0.3) is 5.56 Å². The highest BCUT2D eigenvalue weighted by Gasteiger charge is 2.21. The molecule has 0 atom stereocenters. The molecule has 4 heterocycles. The largest absolute Gasteiger partial charge is 0.354 e. The lowest BCUT2D eigenvalue weighted by molar-refractivity contribution is 0.220. The maximum absolute atomic E-state index is 13.8. The lowest BCUT2D eigenvalue weighted by Crippen LogP contribution is -2.47. The Morgan fingerprint density at radius 1 is 0.771 bits per heavy atom. The normalized spacial score (nSPS) is 19.4. The molecule has 0 spiro atoms. The molecule has 184 valence electrons. The molecule has 1 aromatic carbocycles. The van der Waals surface area contributed by atoms with Gasteiger partial charge in [-0.2, -0.15) is 0 Å². The summed E-state index contributed by atoms with van der Waals surface area (Å²) in [5.41, 5.74) is 5.21. The molecule has 6 rings (SSSR count). The summed E-state index contributed by atoms with van der Waals surface area (Å²) in [6.07, 6.45) is 9.32. The highest BCUT2D eigenvalue weighted by Crippen LogP contribution is 2.28. The van der Waals surface area contributed by atoms with E-state index in [0.29, 0.717) is 0 Å². The van der Waals surface area contributed by atoms with Gasteiger partial charge in [-0.15, -0.1) is 0 Å². The van der Waals surface area contributed by atoms with Crippen LogP contribution in [0.3, 0.4) is 0 Å². The summed E-state index contributed by atoms with van der Waals surface area (Å²) in [7, 11) is 0. The van der Waals surface area contributed by atoms with E-state index in [1.807, 2.05) is 18.3 Å². The number of hydrogen-bond donors (Lipinski definition) is 0. The first kappa shape index (κ1) is 22.7. The highest BCUT2D eigenvalue weighted by atomic mass is 16.1. The summed E-state index contributed by atoms with van der Waals surface area (Å²) in [5.74, 6) is 1.05. The third-order valence-electron chi connectivity index (χ3n) is 8.21. The van der Waals surface area contributed by atoms with Crippen molar-refractivity contribution in [2.75, 3.05) is 50.7 Å². The third-order valence-corrected chi connectivity index (χ3v) is 8.21. The molecule has 0 amide bonds. The quantitative estimate of drug-likeness (QED) is 0.549. The molecule has 3 aromatic rings. The van der Waals surface area contributed by atoms with Crippen molar-refractivity contribution in [2.24, 2.45) is 0 Å². The maximum Gasteiger partial charge on any atom is 0.255 e. The average molecular weight is 472 g/mol. The molecular weight excluding hydrogens is 434 g/mol. The van der Waals surface area contributed by atoms with Crippen LogP contribution in [0.2, 0.25) is 0 Å². The second kappa shape index (κ2) is 10.1. The molecule has 0 N–H and O–H groups in total. The Morgan fingerprint density at radius 3 is 2.34 bits per heavy atom. The van der Waals surface area contributed by atoms with Crippen LogP contribution in [0.4, 0.5) is 5.82 Å². The first-order chi connectivity index (χ1) is 17.2. The standard InChI is InChI=1S/C29H37N5O/c35-29-26(22-32-13-16-33(17-14-32)28-9-2-3-10-30-28)20-25-19-23-7-6-8-24(23)21-27(25)34(29)18-15-31-11-4-1-5-12-31/h2-3,9-10,19-21H,1,4-8,11-18,22H2. The first-order valence-corrected chi connectivity index (χ1v) is 13.5. The molecule has 2 fully saturated rings. The molecule has 1 aliphatic carbocycles. The van der Waals surface area contributed by atoms with E-state index in [-0.39, 0.29) is 5.56 Å². The summed E-state index contributed by atoms with van der Waals surface area (Å²) in [4.78, 5) is 25.6. The summed E-state index contributed by atoms with van der Waals surface area (Å²) >= 11 is 0. The van der Waals surface area contributed by atoms with E-state index < -0.39 is 0 Å². The summed E-state index contributed by atoms with van der Waals surface area (Å²) < 4.78 is 2.10. The summed E-state index contributed by atoms with van der Waals surface area (Å²) in [5, 5.41) is 1.24. The van der Waals surface area contributed by atoms with Gasteiger partial charge in [-0.3, -0.25) is 9.69 Å². The Labute approximate surface area is 208 Å². The summed E-state index contributed by atoms with van der Waals surface area (Å²) in [6.45, 7) is 8.62. The Kier molecular flexibility index (Phi) is 6.57. The zero-order valence-electron chi connectivity index (χ0n) is 20.8. The van der Waals surface area contributed by atoms with Crippen molar-refractivity contribution < 1.29 is 0 Å². The number of piperidine rings is 1. The van der Waals surface area contributed by atoms with E-state index in [4.69, 9.17) is 0 Å². The number of piperazine rings is 1. The minimum Gasteiger partial charge on any atom is -0.354 e. The van der Waals surface area contributed by atoms with Gasteiger partial charge in [0, 0.05) is 57.6 Å². The Balaban J connectivity index is 1.25. The topological polar surface area (TPSA) is 44.6 Å². The number of likely N-dealkylation sites (tertiary alicyclic amines) is 1. The highest BCUT2D eigenvalue weighted by molar-refractivity contribution is 5.82. The van der Waals surface area contributed by atoms with Crippen LogP contribution in [0.1, 0.15) is 42.4 Å². The van der Waals surface area contributed by atoms with Crippen LogP contribution >= 0.6 is 0 Å². The monoisotopic (exact) mass is 471 g/mol. The van der Waals surface area contributed by atoms with Gasteiger partial charge >= 0.3 is 0 Å². The molecule has 2 saturated heterocycles. The number of aryl methyl sites for hydroxylation is 2. The van der Waals surface area contributed by atoms with Gasteiger partial charge in [0.05, 0.1) is 5.52 Å². The van der Waals surface area contributed by atoms with Gasteiger partial charge in [-0.05, 0) is 92.0 Å². The number of rotatable bonds is 6. The fourth-order valence-electron chi connectivity index (χ4n) is 6.19. The molecule has 0 saturated carbocycles. The number of hydrogen-bond acceptors (Lipinski definition) is 5. The Morgan fingerprint density at radius 2 is 1.57 bits per heavy atom. The zero-order valence-corrected chi connectivity index (χ0v) is 20.8. The SMILES string of the molecule is O=c1c(CN2CCN(c3ccccn3)CC2)cc2cc3c(cc2n1CCN1CCCCC1)CCC3. The molecule has 2 aliphatic heterocycles. The number of pyridine rings is 2. The van der Waals surface area contributed by atoms with Gasteiger partial charge in [0.2, 0.25) is 0 Å². The predicted octanol–water partition coefficient (Wildman–Crippen LogP) is 3.69. The number of nitrogens with zero attached hydrogens (tertiary/aromatic N) is 5. The fraction of sp³-hybridized carbons (Fsp3) is 0.517. The predicted molar refractivity (Wildman–Crippen MR) is 142 cm³/mol. The Bertz CT molecular complexity index is 1220. The molecule has 35 heavy (non-hydrogen) atoms. The number of fused-ring (bicyclic) bond motifs is 2. The molecular formula is C29H37N5O. The van der Waals surface area contributed by atoms with Gasteiger partial charge in [0.1, 0.15) is 5.82 Å². The van der Waals surface area contributed by atoms with E-state index in [9.17, 15) is 4.79 Å². The summed E-state index contributed by atoms with van der Waals surface area (Å²) in [6, 6.07) is 13.0. The fourth-order valence-corrected chi connectivity index (χ4v) is 6.19. The van der Waals surface area contributed by atoms with Crippen LogP contribution in [0.5, 0.6) is 0 Å². The van der Waals surface area contributed by atoms with E-state index in [1.165, 1.54) is 61.7 Å². The van der Waals surface area contributed by atoms with Crippen LogP contribution in [-0.2, 0) is 25.9 Å². The lowest BCUT2D eigenvalue weighted by atomic mass is 10.0. The first-order valence-electron chi connectivity index (χ1n) is 13.5. The molecule has 0 bridgehead atoms. The van der Waals surface area contributed by atoms with Crippen molar-refractivity contribution in [3.63, 3.8) is 0 Å². The van der Waals surface area contributed by atoms with Crippen molar-refractivity contribution >= 4 is 16.7 Å². The second-order valence-electron chi connectivity index (χ2n) is 10.5. The maximum atomic E-state index is 13.8. The zero-order chi connectivity index (χ0) is 23.6. The molecule has 6 heteroatoms. The second-order valence-corrected chi connectivity index (χ2v) is 10.5. The van der Waals surface area contributed by atoms with Crippen LogP contribution in [0.15, 0.2) is 47.4 Å². The van der Waals surface area contributed by atoms with Crippen LogP contribution in [-0.4, -0.2) is 65.2 Å². The van der Waals surface area contributed by atoms with E-state index in [2.05, 4.69) is 48.5 Å². The van der Waals surface area contributed by atoms with Gasteiger partial charge < -0.3 is 14.4 Å². The molecule has 0 radical (unpaired) electrons. The van der Waals surface area contributed by atoms with E-state index in [1.54, 1.807) is 0 Å². The van der Waals surface area contributed by atoms with Crippen molar-refractivity contribution in [3.8, 4) is 0 Å². The van der Waals surface area contributed by atoms with Crippen molar-refractivity contribution in [1.29, 1.82) is 0 Å². The van der Waals surface area contributed by atoms with Crippen LogP contribution in [0, 0.1) is 0 Å². The van der Waals surface area contributed by atoms with Crippen LogP contribution < -0.4 is 10.5 Å². The number of anilines is 1. The van der Waals surface area contributed by atoms with Gasteiger partial charge in [-0.25, -0.2) is 4.98 Å². The third kappa shape index (κ3) is 4.87. The van der Waals surface area contributed by atoms with E-state index >= 15 is 0 Å². The molecule has 2 aromatic heterocycles. The van der Waals surface area contributed by atoms with E-state index in [0.717, 1.165) is 69.1 Å². The smallest absolute Gasteiger partial charge is 0.255 e. The molecule has 3 aliphatic rings. The van der Waals surface area contributed by atoms with Crippen LogP contribution in [0.25, 0.3) is 10.9 Å². The number of benzene rings is 1. The molecule has 6 nitrogen and oxygen atoms in total. The Hall–Kier alpha value is -2.70. The van der Waals surface area contributed by atoms with Crippen molar-refractivity contribution in [1.82, 2.24) is 19.4 Å². The molecule has 0 unspecified atom stereocenters. The number of aromatic nitrogens is 2. The minimum atomic E-state index is 0.208. The van der Waals surface area contributed by atoms with Crippen molar-refractivity contribution in [2.45, 2.75) is 51.6 Å². The van der Waals surface area contributed by atoms with Gasteiger partial charge in [0.15, 0.2) is 0 Å².